The van der Waals surface area contributed by atoms with Crippen molar-refractivity contribution in [3.8, 4) is 0 Å². The number of carbonyl (C=O) groups excluding carboxylic acids is 2. The number of amides is 2. The van der Waals surface area contributed by atoms with Crippen molar-refractivity contribution in [2.75, 3.05) is 19.6 Å². The molecule has 3 heterocycles. The van der Waals surface area contributed by atoms with Crippen molar-refractivity contribution in [1.82, 2.24) is 24.7 Å². The van der Waals surface area contributed by atoms with E-state index in [1.807, 2.05) is 4.57 Å². The minimum Gasteiger partial charge on any atom is -0.426 e. The average Bonchev–Trinajstić information content (AvgIpc) is 3.19. The number of fused-ring (bicyclic) bond motifs is 1. The van der Waals surface area contributed by atoms with Gasteiger partial charge in [-0.2, -0.15) is 26.3 Å². The summed E-state index contributed by atoms with van der Waals surface area (Å²) in [7, 11) is 0. The molecule has 1 saturated heterocycles. The molecule has 0 bridgehead atoms. The van der Waals surface area contributed by atoms with E-state index < -0.39 is 36.0 Å². The van der Waals surface area contributed by atoms with Gasteiger partial charge in [0.2, 0.25) is 0 Å². The van der Waals surface area contributed by atoms with Gasteiger partial charge in [-0.25, -0.2) is 9.78 Å². The van der Waals surface area contributed by atoms with Gasteiger partial charge in [-0.1, -0.05) is 6.92 Å². The summed E-state index contributed by atoms with van der Waals surface area (Å²) < 4.78 is 81.6. The predicted molar refractivity (Wildman–Crippen MR) is 111 cm³/mol. The lowest BCUT2D eigenvalue weighted by Gasteiger charge is -2.39. The van der Waals surface area contributed by atoms with E-state index in [4.69, 9.17) is 0 Å². The number of carbonyl (C=O) groups is 2. The van der Waals surface area contributed by atoms with Gasteiger partial charge >= 0.3 is 18.4 Å². The van der Waals surface area contributed by atoms with Gasteiger partial charge in [0.25, 0.3) is 12.0 Å². The number of nitrogens with zero attached hydrogens (tertiary/aromatic N) is 4. The Morgan fingerprint density at radius 2 is 1.71 bits per heavy atom. The minimum absolute atomic E-state index is 0.117. The predicted octanol–water partition coefficient (Wildman–Crippen LogP) is 3.71. The molecule has 1 aromatic heterocycles. The van der Waals surface area contributed by atoms with Crippen molar-refractivity contribution >= 4 is 12.0 Å². The Morgan fingerprint density at radius 1 is 1.11 bits per heavy atom. The van der Waals surface area contributed by atoms with Crippen molar-refractivity contribution in [2.24, 2.45) is 0 Å². The van der Waals surface area contributed by atoms with E-state index in [9.17, 15) is 35.9 Å². The van der Waals surface area contributed by atoms with Gasteiger partial charge in [-0.3, -0.25) is 9.69 Å². The van der Waals surface area contributed by atoms with E-state index in [-0.39, 0.29) is 31.6 Å². The number of aromatic nitrogens is 2. The van der Waals surface area contributed by atoms with Crippen LogP contribution in [0.1, 0.15) is 56.3 Å². The fraction of sp³-hybridized carbons (Fsp3) is 0.762. The molecule has 3 rings (SSSR count). The average molecular weight is 513 g/mol. The molecule has 1 N–H and O–H groups in total. The number of nitrogens with one attached hydrogen (secondary N) is 1. The Bertz CT molecular complexity index is 910. The molecular formula is C21H29F6N5O3. The molecule has 0 aliphatic carbocycles. The molecular weight excluding hydrogens is 484 g/mol. The Hall–Kier alpha value is -2.51. The third kappa shape index (κ3) is 6.39. The van der Waals surface area contributed by atoms with Crippen LogP contribution < -0.4 is 5.32 Å². The van der Waals surface area contributed by atoms with Crippen molar-refractivity contribution < 1.29 is 40.7 Å². The third-order valence-corrected chi connectivity index (χ3v) is 6.63. The van der Waals surface area contributed by atoms with Crippen molar-refractivity contribution in [3.05, 3.63) is 17.7 Å². The second-order valence-electron chi connectivity index (χ2n) is 9.31. The maximum atomic E-state index is 12.8. The number of piperidine rings is 1. The van der Waals surface area contributed by atoms with Crippen molar-refractivity contribution in [3.63, 3.8) is 0 Å². The summed E-state index contributed by atoms with van der Waals surface area (Å²) in [5, 5.41) is 2.85. The molecule has 14 heteroatoms. The zero-order valence-corrected chi connectivity index (χ0v) is 19.7. The number of hydrogen-bond acceptors (Lipinski definition) is 5. The first-order valence-corrected chi connectivity index (χ1v) is 11.3. The number of likely N-dealkylation sites (tertiary alicyclic amines) is 1. The highest BCUT2D eigenvalue weighted by Crippen LogP contribution is 2.36. The van der Waals surface area contributed by atoms with Crippen LogP contribution in [0.5, 0.6) is 0 Å². The summed E-state index contributed by atoms with van der Waals surface area (Å²) in [6.45, 7) is 7.72. The number of rotatable bonds is 5. The topological polar surface area (TPSA) is 79.7 Å². The van der Waals surface area contributed by atoms with E-state index in [0.717, 1.165) is 23.7 Å². The summed E-state index contributed by atoms with van der Waals surface area (Å²) in [6.07, 6.45) is -14.6. The van der Waals surface area contributed by atoms with Gasteiger partial charge in [0.15, 0.2) is 0 Å². The van der Waals surface area contributed by atoms with E-state index in [0.29, 0.717) is 19.1 Å². The van der Waals surface area contributed by atoms with Gasteiger partial charge in [0.05, 0.1) is 6.54 Å². The van der Waals surface area contributed by atoms with Crippen LogP contribution in [-0.4, -0.2) is 81.0 Å². The lowest BCUT2D eigenvalue weighted by molar-refractivity contribution is -0.308. The van der Waals surface area contributed by atoms with Gasteiger partial charge in [-0.15, -0.1) is 0 Å². The summed E-state index contributed by atoms with van der Waals surface area (Å²) >= 11 is 0. The second kappa shape index (κ2) is 9.86. The lowest BCUT2D eigenvalue weighted by Crippen LogP contribution is -2.55. The van der Waals surface area contributed by atoms with Crippen LogP contribution in [0, 0.1) is 0 Å². The Morgan fingerprint density at radius 3 is 2.26 bits per heavy atom. The number of hydrogen-bond donors (Lipinski definition) is 1. The Labute approximate surface area is 198 Å². The fourth-order valence-corrected chi connectivity index (χ4v) is 4.16. The maximum absolute atomic E-state index is 12.8. The molecule has 1 fully saturated rings. The summed E-state index contributed by atoms with van der Waals surface area (Å²) in [5.41, 5.74) is -0.596. The van der Waals surface area contributed by atoms with E-state index in [2.05, 4.69) is 33.8 Å². The zero-order chi connectivity index (χ0) is 26.2. The van der Waals surface area contributed by atoms with Crippen LogP contribution in [-0.2, 0) is 17.8 Å². The molecule has 0 aromatic carbocycles. The number of imidazole rings is 1. The molecule has 1 atom stereocenters. The summed E-state index contributed by atoms with van der Waals surface area (Å²) in [4.78, 5) is 32.3. The van der Waals surface area contributed by atoms with E-state index >= 15 is 0 Å². The van der Waals surface area contributed by atoms with Crippen LogP contribution >= 0.6 is 0 Å². The highest BCUT2D eigenvalue weighted by molar-refractivity contribution is 5.92. The first-order valence-electron chi connectivity index (χ1n) is 11.3. The first-order chi connectivity index (χ1) is 16.1. The van der Waals surface area contributed by atoms with Gasteiger partial charge < -0.3 is 19.5 Å². The molecule has 35 heavy (non-hydrogen) atoms. The van der Waals surface area contributed by atoms with E-state index in [1.54, 1.807) is 13.1 Å². The number of ether oxygens (including phenoxy) is 1. The third-order valence-electron chi connectivity index (χ3n) is 6.63. The van der Waals surface area contributed by atoms with Crippen molar-refractivity contribution in [1.29, 1.82) is 0 Å². The van der Waals surface area contributed by atoms with Crippen LogP contribution in [0.3, 0.4) is 0 Å². The smallest absolute Gasteiger partial charge is 0.426 e. The fourth-order valence-electron chi connectivity index (χ4n) is 4.16. The SMILES string of the molecule is CCC(C)N1CCn2cc(C(=O)NC3(C)CCN(C(=O)OC(C(F)(F)F)C(F)(F)F)CC3)nc2C1. The van der Waals surface area contributed by atoms with Gasteiger partial charge in [0, 0.05) is 44.0 Å². The molecule has 1 aromatic rings. The highest BCUT2D eigenvalue weighted by Gasteiger charge is 2.60. The molecule has 0 radical (unpaired) electrons. The Balaban J connectivity index is 1.57. The highest BCUT2D eigenvalue weighted by atomic mass is 19.4. The normalized spacial score (nSPS) is 19.9. The monoisotopic (exact) mass is 513 g/mol. The van der Waals surface area contributed by atoms with Crippen LogP contribution in [0.4, 0.5) is 31.1 Å². The molecule has 2 aliphatic rings. The number of halogens is 6. The molecule has 2 amide bonds. The van der Waals surface area contributed by atoms with Crippen LogP contribution in [0.15, 0.2) is 6.20 Å². The largest absolute Gasteiger partial charge is 0.434 e. The summed E-state index contributed by atoms with van der Waals surface area (Å²) in [5.74, 6) is 0.336. The molecule has 1 unspecified atom stereocenters. The number of alkyl halides is 6. The standard InChI is InChI=1S/C21H29F6N5O3/c1-4-13(2)31-9-10-32-11-14(28-15(32)12-31)16(33)29-19(3)5-7-30(8-6-19)18(34)35-17(20(22,23)24)21(25,26)27/h11,13,17H,4-10,12H2,1-3H3,(H,29,33). The second-order valence-corrected chi connectivity index (χ2v) is 9.31. The Kier molecular flexibility index (Phi) is 7.63. The summed E-state index contributed by atoms with van der Waals surface area (Å²) in [6, 6.07) is 0.385. The zero-order valence-electron chi connectivity index (χ0n) is 19.7. The first kappa shape index (κ1) is 27.1. The maximum Gasteiger partial charge on any atom is 0.434 e. The molecule has 0 spiro atoms. The lowest BCUT2D eigenvalue weighted by atomic mass is 9.89. The minimum atomic E-state index is -5.78. The molecule has 0 saturated carbocycles. The van der Waals surface area contributed by atoms with Gasteiger partial charge in [-0.05, 0) is 33.1 Å². The quantitative estimate of drug-likeness (QED) is 0.608. The molecule has 198 valence electrons. The van der Waals surface area contributed by atoms with Gasteiger partial charge in [0.1, 0.15) is 11.5 Å². The van der Waals surface area contributed by atoms with Crippen LogP contribution in [0.2, 0.25) is 0 Å². The van der Waals surface area contributed by atoms with Crippen LogP contribution in [0.25, 0.3) is 0 Å². The molecule has 2 aliphatic heterocycles. The van der Waals surface area contributed by atoms with Crippen molar-refractivity contribution in [2.45, 2.75) is 83.2 Å². The molecule has 8 nitrogen and oxygen atoms in total. The van der Waals surface area contributed by atoms with E-state index in [1.165, 1.54) is 0 Å².